The van der Waals surface area contributed by atoms with E-state index >= 15 is 0 Å². The molecular weight excluding hydrogens is 294 g/mol. The van der Waals surface area contributed by atoms with Gasteiger partial charge in [0, 0.05) is 16.8 Å². The van der Waals surface area contributed by atoms with Crippen molar-refractivity contribution in [3.8, 4) is 28.5 Å². The highest BCUT2D eigenvalue weighted by atomic mass is 15.3. The minimum Gasteiger partial charge on any atom is -0.275 e. The van der Waals surface area contributed by atoms with Crippen LogP contribution in [0.25, 0.3) is 28.5 Å². The van der Waals surface area contributed by atoms with E-state index in [0.717, 1.165) is 28.5 Å². The normalized spacial score (nSPS) is 10.7. The van der Waals surface area contributed by atoms with Gasteiger partial charge in [0.15, 0.2) is 11.6 Å². The van der Waals surface area contributed by atoms with Crippen molar-refractivity contribution in [3.63, 3.8) is 0 Å². The third-order valence-corrected chi connectivity index (χ3v) is 4.10. The standard InChI is InChI=1S/C21H17N3/c1-16-10-8-9-15-19(16)21-23-22-20(17-11-4-2-5-12-17)24(21)18-13-6-3-7-14-18/h2-15H,1H3. The third-order valence-electron chi connectivity index (χ3n) is 4.10. The Morgan fingerprint density at radius 2 is 1.21 bits per heavy atom. The molecule has 0 unspecified atom stereocenters. The van der Waals surface area contributed by atoms with Gasteiger partial charge in [0.1, 0.15) is 0 Å². The topological polar surface area (TPSA) is 30.7 Å². The van der Waals surface area contributed by atoms with Gasteiger partial charge in [-0.2, -0.15) is 0 Å². The number of aromatic nitrogens is 3. The summed E-state index contributed by atoms with van der Waals surface area (Å²) in [5, 5.41) is 9.01. The van der Waals surface area contributed by atoms with Gasteiger partial charge in [-0.15, -0.1) is 10.2 Å². The lowest BCUT2D eigenvalue weighted by Gasteiger charge is -2.12. The van der Waals surface area contributed by atoms with Crippen molar-refractivity contribution in [2.45, 2.75) is 6.92 Å². The van der Waals surface area contributed by atoms with E-state index in [4.69, 9.17) is 0 Å². The van der Waals surface area contributed by atoms with E-state index < -0.39 is 0 Å². The zero-order chi connectivity index (χ0) is 16.4. The summed E-state index contributed by atoms with van der Waals surface area (Å²) in [5.74, 6) is 1.71. The average Bonchev–Trinajstić information content (AvgIpc) is 3.08. The van der Waals surface area contributed by atoms with Crippen LogP contribution in [0.15, 0.2) is 84.9 Å². The Hall–Kier alpha value is -3.20. The van der Waals surface area contributed by atoms with Crippen molar-refractivity contribution in [2.75, 3.05) is 0 Å². The van der Waals surface area contributed by atoms with Gasteiger partial charge in [0.2, 0.25) is 0 Å². The summed E-state index contributed by atoms with van der Waals surface area (Å²) in [5.41, 5.74) is 4.38. The van der Waals surface area contributed by atoms with Gasteiger partial charge in [0.25, 0.3) is 0 Å². The Bertz CT molecular complexity index is 957. The maximum atomic E-state index is 4.51. The largest absolute Gasteiger partial charge is 0.275 e. The first kappa shape index (κ1) is 14.4. The van der Waals surface area contributed by atoms with Crippen LogP contribution in [0, 0.1) is 6.92 Å². The SMILES string of the molecule is Cc1ccccc1-c1nnc(-c2ccccc2)n1-c1ccccc1. The molecule has 1 aromatic heterocycles. The van der Waals surface area contributed by atoms with Crippen molar-refractivity contribution in [3.05, 3.63) is 90.5 Å². The highest BCUT2D eigenvalue weighted by Crippen LogP contribution is 2.29. The number of hydrogen-bond acceptors (Lipinski definition) is 2. The molecule has 0 atom stereocenters. The van der Waals surface area contributed by atoms with Crippen molar-refractivity contribution >= 4 is 0 Å². The Morgan fingerprint density at radius 3 is 1.92 bits per heavy atom. The molecule has 0 saturated heterocycles. The second-order valence-corrected chi connectivity index (χ2v) is 5.70. The molecule has 0 radical (unpaired) electrons. The van der Waals surface area contributed by atoms with Crippen LogP contribution in [-0.4, -0.2) is 14.8 Å². The maximum Gasteiger partial charge on any atom is 0.169 e. The van der Waals surface area contributed by atoms with E-state index in [1.54, 1.807) is 0 Å². The molecule has 0 amide bonds. The minimum absolute atomic E-state index is 0.847. The number of aryl methyl sites for hydroxylation is 1. The molecule has 4 aromatic rings. The van der Waals surface area contributed by atoms with Crippen LogP contribution < -0.4 is 0 Å². The zero-order valence-corrected chi connectivity index (χ0v) is 13.4. The van der Waals surface area contributed by atoms with Crippen LogP contribution in [0.4, 0.5) is 0 Å². The molecule has 0 aliphatic rings. The smallest absolute Gasteiger partial charge is 0.169 e. The summed E-state index contributed by atoms with van der Waals surface area (Å²) in [6, 6.07) is 28.7. The Kier molecular flexibility index (Phi) is 3.67. The summed E-state index contributed by atoms with van der Waals surface area (Å²) in [6.45, 7) is 2.10. The highest BCUT2D eigenvalue weighted by molar-refractivity contribution is 5.68. The first-order valence-electron chi connectivity index (χ1n) is 7.97. The van der Waals surface area contributed by atoms with E-state index in [-0.39, 0.29) is 0 Å². The summed E-state index contributed by atoms with van der Waals surface area (Å²) in [7, 11) is 0. The molecule has 0 bridgehead atoms. The molecule has 0 aliphatic carbocycles. The first-order chi connectivity index (χ1) is 11.8. The molecule has 0 saturated carbocycles. The van der Waals surface area contributed by atoms with Crippen LogP contribution in [-0.2, 0) is 0 Å². The zero-order valence-electron chi connectivity index (χ0n) is 13.4. The van der Waals surface area contributed by atoms with Gasteiger partial charge in [-0.25, -0.2) is 0 Å². The fraction of sp³-hybridized carbons (Fsp3) is 0.0476. The van der Waals surface area contributed by atoms with Crippen molar-refractivity contribution in [1.82, 2.24) is 14.8 Å². The van der Waals surface area contributed by atoms with Crippen LogP contribution in [0.3, 0.4) is 0 Å². The van der Waals surface area contributed by atoms with Gasteiger partial charge >= 0.3 is 0 Å². The highest BCUT2D eigenvalue weighted by Gasteiger charge is 2.17. The predicted molar refractivity (Wildman–Crippen MR) is 97.0 cm³/mol. The second kappa shape index (κ2) is 6.13. The second-order valence-electron chi connectivity index (χ2n) is 5.70. The van der Waals surface area contributed by atoms with E-state index in [9.17, 15) is 0 Å². The maximum absolute atomic E-state index is 4.51. The fourth-order valence-electron chi connectivity index (χ4n) is 2.88. The van der Waals surface area contributed by atoms with Crippen molar-refractivity contribution < 1.29 is 0 Å². The summed E-state index contributed by atoms with van der Waals surface area (Å²) >= 11 is 0. The van der Waals surface area contributed by atoms with Gasteiger partial charge in [0.05, 0.1) is 0 Å². The van der Waals surface area contributed by atoms with E-state index in [1.165, 1.54) is 5.56 Å². The number of rotatable bonds is 3. The monoisotopic (exact) mass is 311 g/mol. The van der Waals surface area contributed by atoms with Crippen molar-refractivity contribution in [1.29, 1.82) is 0 Å². The molecule has 0 N–H and O–H groups in total. The number of hydrogen-bond donors (Lipinski definition) is 0. The quantitative estimate of drug-likeness (QED) is 0.538. The Morgan fingerprint density at radius 1 is 0.625 bits per heavy atom. The molecular formula is C21H17N3. The van der Waals surface area contributed by atoms with Crippen LogP contribution in [0.2, 0.25) is 0 Å². The fourth-order valence-corrected chi connectivity index (χ4v) is 2.88. The van der Waals surface area contributed by atoms with Gasteiger partial charge in [-0.1, -0.05) is 72.8 Å². The molecule has 0 aliphatic heterocycles. The molecule has 3 heteroatoms. The first-order valence-corrected chi connectivity index (χ1v) is 7.97. The molecule has 0 spiro atoms. The predicted octanol–water partition coefficient (Wildman–Crippen LogP) is 4.91. The number of benzene rings is 3. The summed E-state index contributed by atoms with van der Waals surface area (Å²) < 4.78 is 2.12. The average molecular weight is 311 g/mol. The summed E-state index contributed by atoms with van der Waals surface area (Å²) in [6.07, 6.45) is 0. The molecule has 0 fully saturated rings. The third kappa shape index (κ3) is 2.50. The molecule has 1 heterocycles. The Balaban J connectivity index is 2.00. The molecule has 3 aromatic carbocycles. The summed E-state index contributed by atoms with van der Waals surface area (Å²) in [4.78, 5) is 0. The van der Waals surface area contributed by atoms with E-state index in [1.807, 2.05) is 48.5 Å². The Labute approximate surface area is 141 Å². The van der Waals surface area contributed by atoms with Gasteiger partial charge in [-0.05, 0) is 24.6 Å². The van der Waals surface area contributed by atoms with Gasteiger partial charge in [-0.3, -0.25) is 4.57 Å². The van der Waals surface area contributed by atoms with Crippen molar-refractivity contribution in [2.24, 2.45) is 0 Å². The van der Waals surface area contributed by atoms with Crippen LogP contribution >= 0.6 is 0 Å². The van der Waals surface area contributed by atoms with Crippen LogP contribution in [0.5, 0.6) is 0 Å². The number of nitrogens with zero attached hydrogens (tertiary/aromatic N) is 3. The lowest BCUT2D eigenvalue weighted by atomic mass is 10.1. The van der Waals surface area contributed by atoms with E-state index in [2.05, 4.69) is 58.1 Å². The van der Waals surface area contributed by atoms with Gasteiger partial charge < -0.3 is 0 Å². The molecule has 116 valence electrons. The van der Waals surface area contributed by atoms with E-state index in [0.29, 0.717) is 0 Å². The molecule has 24 heavy (non-hydrogen) atoms. The minimum atomic E-state index is 0.847. The molecule has 4 rings (SSSR count). The lowest BCUT2D eigenvalue weighted by molar-refractivity contribution is 1.07. The molecule has 3 nitrogen and oxygen atoms in total. The lowest BCUT2D eigenvalue weighted by Crippen LogP contribution is -2.00. The van der Waals surface area contributed by atoms with Crippen LogP contribution in [0.1, 0.15) is 5.56 Å². The number of para-hydroxylation sites is 1.